The fourth-order valence-corrected chi connectivity index (χ4v) is 4.33. The number of carbonyl (C=O) groups excluding carboxylic acids is 1. The Kier molecular flexibility index (Phi) is 18.3. The number of aliphatic hydroxyl groups is 2. The van der Waals surface area contributed by atoms with Crippen LogP contribution in [-0.2, 0) is 36.8 Å². The summed E-state index contributed by atoms with van der Waals surface area (Å²) in [6.07, 6.45) is -1.18. The second-order valence-corrected chi connectivity index (χ2v) is 9.86. The number of carboxylic acids is 1. The third-order valence-electron chi connectivity index (χ3n) is 6.48. The first kappa shape index (κ1) is 35.3. The minimum absolute atomic E-state index is 0.0559. The lowest BCUT2D eigenvalue weighted by atomic mass is 10.1. The minimum atomic E-state index is -1.44. The molecule has 0 atom stereocenters. The first-order chi connectivity index (χ1) is 20.4. The number of nitrogens with one attached hydrogen (secondary N) is 1. The van der Waals surface area contributed by atoms with E-state index in [4.69, 9.17) is 19.7 Å². The highest BCUT2D eigenvalue weighted by atomic mass is 16.5. The highest BCUT2D eigenvalue weighted by Crippen LogP contribution is 2.10. The van der Waals surface area contributed by atoms with Crippen LogP contribution in [-0.4, -0.2) is 153 Å². The molecule has 1 fully saturated rings. The maximum absolute atomic E-state index is 12.3. The average Bonchev–Trinajstić information content (AvgIpc) is 3.03. The second kappa shape index (κ2) is 21.8. The molecule has 0 aromatic heterocycles. The fraction of sp³-hybridized carbons (Fsp3) is 0.704. The summed E-state index contributed by atoms with van der Waals surface area (Å²) >= 11 is 0. The number of hydrogen-bond acceptors (Lipinski definition) is 11. The van der Waals surface area contributed by atoms with E-state index in [9.17, 15) is 24.9 Å². The van der Waals surface area contributed by atoms with E-state index in [-0.39, 0.29) is 25.4 Å². The number of azide groups is 1. The van der Waals surface area contributed by atoms with Crippen LogP contribution in [0.1, 0.15) is 11.1 Å². The molecule has 2 rings (SSSR count). The maximum Gasteiger partial charge on any atom is 0.317 e. The number of aliphatic hydroxyl groups excluding tert-OH is 1. The lowest BCUT2D eigenvalue weighted by molar-refractivity contribution is -0.138. The topological polar surface area (TPSA) is 193 Å². The number of amides is 1. The summed E-state index contributed by atoms with van der Waals surface area (Å²) < 4.78 is 16.1. The molecule has 0 bridgehead atoms. The molecule has 0 aliphatic carbocycles. The van der Waals surface area contributed by atoms with Gasteiger partial charge in [-0.2, -0.15) is 0 Å². The first-order valence-corrected chi connectivity index (χ1v) is 14.2. The third-order valence-corrected chi connectivity index (χ3v) is 6.48. The van der Waals surface area contributed by atoms with Gasteiger partial charge in [0.05, 0.1) is 52.6 Å². The summed E-state index contributed by atoms with van der Waals surface area (Å²) in [7, 11) is 0. The molecule has 42 heavy (non-hydrogen) atoms. The minimum Gasteiger partial charge on any atom is -0.480 e. The van der Waals surface area contributed by atoms with E-state index < -0.39 is 12.3 Å². The Morgan fingerprint density at radius 2 is 1.40 bits per heavy atom. The second-order valence-electron chi connectivity index (χ2n) is 9.86. The maximum atomic E-state index is 12.3. The van der Waals surface area contributed by atoms with Crippen molar-refractivity contribution in [3.63, 3.8) is 0 Å². The number of carbonyl (C=O) groups is 2. The molecule has 15 nitrogen and oxygen atoms in total. The quantitative estimate of drug-likeness (QED) is 0.0500. The molecular formula is C27H45N7O8. The Hall–Kier alpha value is -2.85. The molecule has 0 spiro atoms. The number of benzene rings is 1. The predicted octanol–water partition coefficient (Wildman–Crippen LogP) is -0.480. The smallest absolute Gasteiger partial charge is 0.317 e. The van der Waals surface area contributed by atoms with Crippen molar-refractivity contribution < 1.29 is 39.1 Å². The Morgan fingerprint density at radius 3 is 2.00 bits per heavy atom. The zero-order chi connectivity index (χ0) is 30.4. The van der Waals surface area contributed by atoms with Crippen molar-refractivity contribution in [2.45, 2.75) is 19.3 Å². The van der Waals surface area contributed by atoms with Crippen LogP contribution in [0.15, 0.2) is 29.4 Å². The summed E-state index contributed by atoms with van der Waals surface area (Å²) in [4.78, 5) is 32.2. The van der Waals surface area contributed by atoms with Gasteiger partial charge in [0.1, 0.15) is 0 Å². The van der Waals surface area contributed by atoms with E-state index in [1.807, 2.05) is 34.1 Å². The number of carboxylic acid groups (broad SMARTS) is 1. The molecule has 236 valence electrons. The summed E-state index contributed by atoms with van der Waals surface area (Å²) in [6.45, 7) is 7.59. The van der Waals surface area contributed by atoms with Crippen molar-refractivity contribution in [3.05, 3.63) is 45.8 Å². The van der Waals surface area contributed by atoms with Gasteiger partial charge in [-0.3, -0.25) is 24.3 Å². The molecule has 1 heterocycles. The fourth-order valence-electron chi connectivity index (χ4n) is 4.33. The summed E-state index contributed by atoms with van der Waals surface area (Å²) in [5, 5.41) is 34.3. The van der Waals surface area contributed by atoms with Gasteiger partial charge in [-0.15, -0.1) is 0 Å². The standard InChI is InChI=1S/C27H45N7O8/c28-31-30-6-14-41-16-18-42-17-15-40-13-5-29-25(35)19-23-1-3-24(4-2-23)20-32-7-9-33(21-26(36)37)11-12-34(10-8-32)22-27(38)39/h1-4,26,36-37H,5-22H2,(H,29,35)(H,38,39). The third kappa shape index (κ3) is 17.2. The molecule has 0 unspecified atom stereocenters. The van der Waals surface area contributed by atoms with Gasteiger partial charge >= 0.3 is 5.97 Å². The molecule has 0 radical (unpaired) electrons. The number of β-amino-alcohol motifs (C(OH)–C–C–N with tert-alkyl or cyclic N) is 2. The largest absolute Gasteiger partial charge is 0.480 e. The predicted molar refractivity (Wildman–Crippen MR) is 154 cm³/mol. The first-order valence-electron chi connectivity index (χ1n) is 14.2. The van der Waals surface area contributed by atoms with Crippen molar-refractivity contribution >= 4 is 11.9 Å². The van der Waals surface area contributed by atoms with Crippen LogP contribution in [0.4, 0.5) is 0 Å². The van der Waals surface area contributed by atoms with Crippen LogP contribution in [0.3, 0.4) is 0 Å². The molecule has 4 N–H and O–H groups in total. The van der Waals surface area contributed by atoms with Crippen LogP contribution in [0.5, 0.6) is 0 Å². The lowest BCUT2D eigenvalue weighted by Crippen LogP contribution is -2.41. The zero-order valence-electron chi connectivity index (χ0n) is 24.2. The van der Waals surface area contributed by atoms with E-state index in [0.717, 1.165) is 11.1 Å². The van der Waals surface area contributed by atoms with Crippen LogP contribution < -0.4 is 5.32 Å². The van der Waals surface area contributed by atoms with Crippen molar-refractivity contribution in [1.82, 2.24) is 20.0 Å². The normalized spacial score (nSPS) is 15.5. The highest BCUT2D eigenvalue weighted by Gasteiger charge is 2.19. The Morgan fingerprint density at radius 1 is 0.857 bits per heavy atom. The number of rotatable bonds is 20. The van der Waals surface area contributed by atoms with Gasteiger partial charge in [0.25, 0.3) is 0 Å². The van der Waals surface area contributed by atoms with Crippen LogP contribution in [0.2, 0.25) is 0 Å². The van der Waals surface area contributed by atoms with E-state index in [2.05, 4.69) is 20.2 Å². The SMILES string of the molecule is [N-]=[N+]=NCCOCCOCCOCCNC(=O)Cc1ccc(CN2CCN(CC(=O)O)CCN(CC(O)O)CC2)cc1. The van der Waals surface area contributed by atoms with E-state index in [1.54, 1.807) is 0 Å². The molecule has 1 saturated heterocycles. The molecule has 1 aliphatic heterocycles. The van der Waals surface area contributed by atoms with Gasteiger partial charge in [-0.25, -0.2) is 0 Å². The van der Waals surface area contributed by atoms with E-state index >= 15 is 0 Å². The Labute approximate surface area is 246 Å². The summed E-state index contributed by atoms with van der Waals surface area (Å²) in [5.74, 6) is -0.976. The Balaban J connectivity index is 1.66. The molecule has 1 aromatic carbocycles. The van der Waals surface area contributed by atoms with Gasteiger partial charge in [-0.1, -0.05) is 29.4 Å². The number of aliphatic carboxylic acids is 1. The van der Waals surface area contributed by atoms with Crippen molar-refractivity contribution in [2.75, 3.05) is 105 Å². The van der Waals surface area contributed by atoms with Gasteiger partial charge in [0, 0.05) is 70.4 Å². The van der Waals surface area contributed by atoms with Gasteiger partial charge in [0.15, 0.2) is 6.29 Å². The van der Waals surface area contributed by atoms with Gasteiger partial charge in [0.2, 0.25) is 5.91 Å². The number of ether oxygens (including phenoxy) is 3. The molecule has 1 amide bonds. The van der Waals surface area contributed by atoms with Gasteiger partial charge in [-0.05, 0) is 16.7 Å². The van der Waals surface area contributed by atoms with Crippen molar-refractivity contribution in [2.24, 2.45) is 5.11 Å². The molecule has 1 aromatic rings. The number of hydrogen-bond donors (Lipinski definition) is 4. The summed E-state index contributed by atoms with van der Waals surface area (Å²) in [6, 6.07) is 7.86. The molecule has 1 aliphatic rings. The summed E-state index contributed by atoms with van der Waals surface area (Å²) in [5.41, 5.74) is 10.1. The van der Waals surface area contributed by atoms with Crippen LogP contribution in [0, 0.1) is 0 Å². The number of nitrogens with zero attached hydrogens (tertiary/aromatic N) is 6. The van der Waals surface area contributed by atoms with E-state index in [0.29, 0.717) is 98.5 Å². The van der Waals surface area contributed by atoms with Crippen LogP contribution >= 0.6 is 0 Å². The molecule has 0 saturated carbocycles. The van der Waals surface area contributed by atoms with Crippen molar-refractivity contribution in [1.29, 1.82) is 0 Å². The van der Waals surface area contributed by atoms with Crippen molar-refractivity contribution in [3.8, 4) is 0 Å². The molecular weight excluding hydrogens is 550 g/mol. The Bertz CT molecular complexity index is 947. The molecule has 15 heteroatoms. The monoisotopic (exact) mass is 595 g/mol. The zero-order valence-corrected chi connectivity index (χ0v) is 24.2. The lowest BCUT2D eigenvalue weighted by Gasteiger charge is -2.26. The highest BCUT2D eigenvalue weighted by molar-refractivity contribution is 5.78. The average molecular weight is 596 g/mol. The van der Waals surface area contributed by atoms with Gasteiger partial charge < -0.3 is 34.8 Å². The van der Waals surface area contributed by atoms with E-state index in [1.165, 1.54) is 0 Å². The van der Waals surface area contributed by atoms with Crippen LogP contribution in [0.25, 0.3) is 10.4 Å².